The second kappa shape index (κ2) is 10.9. The Morgan fingerprint density at radius 2 is 1.55 bits per heavy atom. The summed E-state index contributed by atoms with van der Waals surface area (Å²) >= 11 is 18.7. The molecule has 2 aromatic carbocycles. The fourth-order valence-corrected chi connectivity index (χ4v) is 6.41. The number of hydrogen-bond donors (Lipinski definition) is 0. The zero-order valence-electron chi connectivity index (χ0n) is 22.8. The molecule has 0 aliphatic carbocycles. The lowest BCUT2D eigenvalue weighted by Crippen LogP contribution is -2.53. The van der Waals surface area contributed by atoms with Gasteiger partial charge in [-0.15, -0.1) is 0 Å². The Hall–Kier alpha value is -3.64. The van der Waals surface area contributed by atoms with Crippen LogP contribution in [0.25, 0.3) is 11.2 Å². The van der Waals surface area contributed by atoms with Crippen LogP contribution in [0, 0.1) is 0 Å². The van der Waals surface area contributed by atoms with Gasteiger partial charge in [-0.3, -0.25) is 33.0 Å². The maximum Gasteiger partial charge on any atom is 0.332 e. The number of fused-ring (bicyclic) bond motifs is 1. The molecule has 42 heavy (non-hydrogen) atoms. The van der Waals surface area contributed by atoms with Gasteiger partial charge in [0, 0.05) is 55.3 Å². The summed E-state index contributed by atoms with van der Waals surface area (Å²) in [6.07, 6.45) is 0.0478. The van der Waals surface area contributed by atoms with Crippen LogP contribution in [0.1, 0.15) is 12.0 Å². The largest absolute Gasteiger partial charge is 0.340 e. The number of aromatic nitrogens is 4. The molecule has 2 saturated heterocycles. The lowest BCUT2D eigenvalue weighted by molar-refractivity contribution is -0.123. The van der Waals surface area contributed by atoms with Gasteiger partial charge in [-0.2, -0.15) is 4.98 Å². The molecule has 218 valence electrons. The maximum atomic E-state index is 13.4. The number of benzene rings is 2. The third-order valence-electron chi connectivity index (χ3n) is 7.88. The normalized spacial score (nSPS) is 18.1. The first-order valence-corrected chi connectivity index (χ1v) is 14.4. The first-order valence-electron chi connectivity index (χ1n) is 13.3. The standard InChI is InChI=1S/C28H26Cl3N7O4/c1-33-24-23(26(41)34(2)28(33)42)37(15-16-5-3-4-6-20(16)31)27(32-24)36-9-7-35(8-10-36)21-14-22(39)38(25(21)40)19-12-17(29)11-18(30)13-19/h3-6,11-13,21H,7-10,14-15H2,1-2H3. The maximum absolute atomic E-state index is 13.4. The van der Waals surface area contributed by atoms with E-state index in [2.05, 4.69) is 0 Å². The van der Waals surface area contributed by atoms with E-state index in [9.17, 15) is 19.2 Å². The number of halogens is 3. The van der Waals surface area contributed by atoms with E-state index in [-0.39, 0.29) is 30.4 Å². The summed E-state index contributed by atoms with van der Waals surface area (Å²) in [6.45, 7) is 2.16. The Labute approximate surface area is 255 Å². The fourth-order valence-electron chi connectivity index (χ4n) is 5.70. The van der Waals surface area contributed by atoms with Crippen LogP contribution in [0.2, 0.25) is 15.1 Å². The van der Waals surface area contributed by atoms with Crippen molar-refractivity contribution in [2.45, 2.75) is 19.0 Å². The highest BCUT2D eigenvalue weighted by atomic mass is 35.5. The van der Waals surface area contributed by atoms with Gasteiger partial charge >= 0.3 is 5.69 Å². The van der Waals surface area contributed by atoms with E-state index in [1.807, 2.05) is 28.0 Å². The first kappa shape index (κ1) is 28.5. The molecular weight excluding hydrogens is 605 g/mol. The van der Waals surface area contributed by atoms with Crippen LogP contribution in [0.4, 0.5) is 11.6 Å². The molecule has 1 atom stereocenters. The van der Waals surface area contributed by atoms with Crippen LogP contribution >= 0.6 is 34.8 Å². The molecule has 4 aromatic rings. The van der Waals surface area contributed by atoms with Crippen molar-refractivity contribution in [3.8, 4) is 0 Å². The van der Waals surface area contributed by atoms with Gasteiger partial charge in [0.1, 0.15) is 0 Å². The van der Waals surface area contributed by atoms with E-state index < -0.39 is 17.3 Å². The van der Waals surface area contributed by atoms with Crippen molar-refractivity contribution in [3.05, 3.63) is 83.9 Å². The Morgan fingerprint density at radius 3 is 2.21 bits per heavy atom. The van der Waals surface area contributed by atoms with Crippen LogP contribution in [0.5, 0.6) is 0 Å². The molecule has 2 aromatic heterocycles. The number of imidazole rings is 1. The molecule has 2 aliphatic heterocycles. The van der Waals surface area contributed by atoms with Gasteiger partial charge < -0.3 is 4.90 Å². The molecule has 4 heterocycles. The summed E-state index contributed by atoms with van der Waals surface area (Å²) in [6, 6.07) is 11.4. The molecule has 6 rings (SSSR count). The number of nitrogens with zero attached hydrogens (tertiary/aromatic N) is 7. The van der Waals surface area contributed by atoms with Gasteiger partial charge in [0.15, 0.2) is 11.2 Å². The molecule has 2 amide bonds. The van der Waals surface area contributed by atoms with Crippen LogP contribution in [-0.4, -0.2) is 67.6 Å². The number of carbonyl (C=O) groups excluding carboxylic acids is 2. The number of carbonyl (C=O) groups is 2. The van der Waals surface area contributed by atoms with Crippen LogP contribution in [0.3, 0.4) is 0 Å². The number of anilines is 2. The second-order valence-corrected chi connectivity index (χ2v) is 11.7. The number of amides is 2. The van der Waals surface area contributed by atoms with Crippen molar-refractivity contribution < 1.29 is 9.59 Å². The summed E-state index contributed by atoms with van der Waals surface area (Å²) in [5.41, 5.74) is 0.800. The van der Waals surface area contributed by atoms with Crippen molar-refractivity contribution in [1.29, 1.82) is 0 Å². The predicted octanol–water partition coefficient (Wildman–Crippen LogP) is 2.90. The highest BCUT2D eigenvalue weighted by Crippen LogP contribution is 2.32. The monoisotopic (exact) mass is 629 g/mol. The zero-order chi connectivity index (χ0) is 29.9. The molecule has 11 nitrogen and oxygen atoms in total. The highest BCUT2D eigenvalue weighted by Gasteiger charge is 2.44. The molecule has 0 radical (unpaired) electrons. The van der Waals surface area contributed by atoms with Gasteiger partial charge in [0.05, 0.1) is 24.7 Å². The summed E-state index contributed by atoms with van der Waals surface area (Å²) in [5, 5.41) is 1.22. The number of rotatable bonds is 5. The molecule has 0 N–H and O–H groups in total. The summed E-state index contributed by atoms with van der Waals surface area (Å²) in [7, 11) is 3.02. The average Bonchev–Trinajstić information content (AvgIpc) is 3.48. The predicted molar refractivity (Wildman–Crippen MR) is 162 cm³/mol. The van der Waals surface area contributed by atoms with E-state index in [1.54, 1.807) is 35.9 Å². The van der Waals surface area contributed by atoms with E-state index in [0.717, 1.165) is 15.0 Å². The smallest absolute Gasteiger partial charge is 0.332 e. The number of aryl methyl sites for hydroxylation is 1. The third-order valence-corrected chi connectivity index (χ3v) is 8.69. The van der Waals surface area contributed by atoms with Crippen molar-refractivity contribution in [2.75, 3.05) is 36.0 Å². The summed E-state index contributed by atoms with van der Waals surface area (Å²) in [5.74, 6) is -0.118. The minimum Gasteiger partial charge on any atom is -0.340 e. The van der Waals surface area contributed by atoms with Crippen LogP contribution < -0.4 is 21.0 Å². The number of hydrogen-bond acceptors (Lipinski definition) is 7. The van der Waals surface area contributed by atoms with E-state index >= 15 is 0 Å². The van der Waals surface area contributed by atoms with Gasteiger partial charge in [-0.1, -0.05) is 53.0 Å². The van der Waals surface area contributed by atoms with E-state index in [4.69, 9.17) is 39.8 Å². The number of imide groups is 1. The van der Waals surface area contributed by atoms with Gasteiger partial charge in [0.25, 0.3) is 11.5 Å². The van der Waals surface area contributed by atoms with Gasteiger partial charge in [-0.05, 0) is 29.8 Å². The zero-order valence-corrected chi connectivity index (χ0v) is 25.0. The van der Waals surface area contributed by atoms with Gasteiger partial charge in [0.2, 0.25) is 11.9 Å². The minimum absolute atomic E-state index is 0.0478. The summed E-state index contributed by atoms with van der Waals surface area (Å²) < 4.78 is 4.22. The first-order chi connectivity index (χ1) is 20.0. The fraction of sp³-hybridized carbons (Fsp3) is 0.321. The molecule has 2 fully saturated rings. The van der Waals surface area contributed by atoms with Crippen LogP contribution in [-0.2, 0) is 30.2 Å². The number of piperazine rings is 1. The van der Waals surface area contributed by atoms with Crippen molar-refractivity contribution in [1.82, 2.24) is 23.6 Å². The highest BCUT2D eigenvalue weighted by molar-refractivity contribution is 6.35. The Morgan fingerprint density at radius 1 is 0.881 bits per heavy atom. The average molecular weight is 631 g/mol. The second-order valence-electron chi connectivity index (χ2n) is 10.4. The molecule has 2 aliphatic rings. The SMILES string of the molecule is Cn1c(=O)c2c(nc(N3CCN(C4CC(=O)N(c5cc(Cl)cc(Cl)c5)C4=O)CC3)n2Cc2ccccc2Cl)n(C)c1=O. The van der Waals surface area contributed by atoms with Gasteiger partial charge in [-0.25, -0.2) is 9.69 Å². The van der Waals surface area contributed by atoms with E-state index in [1.165, 1.54) is 11.6 Å². The lowest BCUT2D eigenvalue weighted by Gasteiger charge is -2.37. The van der Waals surface area contributed by atoms with Crippen molar-refractivity contribution in [2.24, 2.45) is 14.1 Å². The minimum atomic E-state index is -0.618. The summed E-state index contributed by atoms with van der Waals surface area (Å²) in [4.78, 5) is 62.2. The quantitative estimate of drug-likeness (QED) is 0.312. The molecular formula is C28H26Cl3N7O4. The Kier molecular flexibility index (Phi) is 7.38. The lowest BCUT2D eigenvalue weighted by atomic mass is 10.1. The molecule has 0 saturated carbocycles. The van der Waals surface area contributed by atoms with Crippen LogP contribution in [0.15, 0.2) is 52.1 Å². The van der Waals surface area contributed by atoms with E-state index in [0.29, 0.717) is 58.4 Å². The Bertz CT molecular complexity index is 1850. The van der Waals surface area contributed by atoms with Crippen molar-refractivity contribution in [3.63, 3.8) is 0 Å². The molecule has 14 heteroatoms. The topological polar surface area (TPSA) is 106 Å². The Balaban J connectivity index is 1.30. The molecule has 1 unspecified atom stereocenters. The third kappa shape index (κ3) is 4.80. The van der Waals surface area contributed by atoms with Crippen molar-refractivity contribution >= 4 is 69.4 Å². The molecule has 0 spiro atoms. The molecule has 0 bridgehead atoms.